The first-order valence-corrected chi connectivity index (χ1v) is 7.25. The van der Waals surface area contributed by atoms with Crippen LogP contribution in [0.15, 0.2) is 34.1 Å². The van der Waals surface area contributed by atoms with Crippen molar-refractivity contribution in [3.05, 3.63) is 51.3 Å². The van der Waals surface area contributed by atoms with E-state index in [1.807, 2.05) is 31.2 Å². The van der Waals surface area contributed by atoms with Gasteiger partial charge in [-0.05, 0) is 31.0 Å². The third-order valence-corrected chi connectivity index (χ3v) is 3.76. The van der Waals surface area contributed by atoms with E-state index in [0.29, 0.717) is 28.9 Å². The summed E-state index contributed by atoms with van der Waals surface area (Å²) in [6, 6.07) is 9.73. The molecule has 0 saturated heterocycles. The molecular formula is C17H16N4O. The van der Waals surface area contributed by atoms with Crippen LogP contribution >= 0.6 is 0 Å². The van der Waals surface area contributed by atoms with Gasteiger partial charge in [-0.15, -0.1) is 0 Å². The lowest BCUT2D eigenvalue weighted by Crippen LogP contribution is -2.20. The lowest BCUT2D eigenvalue weighted by Gasteiger charge is -2.05. The van der Waals surface area contributed by atoms with Crippen LogP contribution in [0.4, 0.5) is 0 Å². The third-order valence-electron chi connectivity index (χ3n) is 3.76. The number of para-hydroxylation sites is 2. The van der Waals surface area contributed by atoms with Gasteiger partial charge in [-0.3, -0.25) is 14.2 Å². The molecule has 0 saturated carbocycles. The minimum absolute atomic E-state index is 0.149. The Bertz CT molecular complexity index is 986. The molecule has 5 nitrogen and oxygen atoms in total. The summed E-state index contributed by atoms with van der Waals surface area (Å²) in [5, 5.41) is 9.50. The fourth-order valence-electron chi connectivity index (χ4n) is 2.63. The van der Waals surface area contributed by atoms with E-state index in [4.69, 9.17) is 0 Å². The number of rotatable bonds is 3. The van der Waals surface area contributed by atoms with Gasteiger partial charge in [-0.2, -0.15) is 5.26 Å². The predicted octanol–water partition coefficient (Wildman–Crippen LogP) is 2.79. The van der Waals surface area contributed by atoms with Crippen molar-refractivity contribution in [3.8, 4) is 6.07 Å². The highest BCUT2D eigenvalue weighted by Gasteiger charge is 2.17. The van der Waals surface area contributed by atoms with Crippen molar-refractivity contribution in [1.82, 2.24) is 9.38 Å². The van der Waals surface area contributed by atoms with Crippen molar-refractivity contribution in [2.45, 2.75) is 20.3 Å². The van der Waals surface area contributed by atoms with Crippen molar-refractivity contribution in [3.63, 3.8) is 0 Å². The first-order chi connectivity index (χ1) is 10.7. The summed E-state index contributed by atoms with van der Waals surface area (Å²) in [6.45, 7) is 4.48. The van der Waals surface area contributed by atoms with Gasteiger partial charge >= 0.3 is 0 Å². The molecule has 1 aromatic carbocycles. The van der Waals surface area contributed by atoms with E-state index >= 15 is 0 Å². The van der Waals surface area contributed by atoms with Gasteiger partial charge in [0, 0.05) is 12.8 Å². The standard InChI is InChI=1S/C17H16N4O/c1-3-8-19-10-13-11(2)12(9-18)16-20-14-6-4-5-7-15(14)21(16)17(13)22/h4-7,10,20H,3,8H2,1-2H3. The molecule has 0 spiro atoms. The zero-order valence-corrected chi connectivity index (χ0v) is 12.6. The minimum atomic E-state index is -0.149. The summed E-state index contributed by atoms with van der Waals surface area (Å²) in [5.74, 6) is 0. The molecule has 0 bridgehead atoms. The van der Waals surface area contributed by atoms with Crippen LogP contribution < -0.4 is 5.56 Å². The lowest BCUT2D eigenvalue weighted by atomic mass is 10.1. The lowest BCUT2D eigenvalue weighted by molar-refractivity contribution is 0.936. The molecule has 3 aromatic rings. The van der Waals surface area contributed by atoms with Gasteiger partial charge in [-0.25, -0.2) is 0 Å². The number of hydrogen-bond acceptors (Lipinski definition) is 3. The fraction of sp³-hybridized carbons (Fsp3) is 0.235. The zero-order valence-electron chi connectivity index (χ0n) is 12.6. The number of hydrogen-bond donors (Lipinski definition) is 1. The maximum absolute atomic E-state index is 12.8. The quantitative estimate of drug-likeness (QED) is 0.754. The summed E-state index contributed by atoms with van der Waals surface area (Å²) >= 11 is 0. The van der Waals surface area contributed by atoms with Gasteiger partial charge < -0.3 is 4.98 Å². The number of aliphatic imine (C=N–C) groups is 1. The van der Waals surface area contributed by atoms with Crippen LogP contribution in [-0.2, 0) is 0 Å². The maximum Gasteiger partial charge on any atom is 0.265 e. The number of imidazole rings is 1. The number of fused-ring (bicyclic) bond motifs is 3. The molecule has 110 valence electrons. The number of benzene rings is 1. The second kappa shape index (κ2) is 5.49. The van der Waals surface area contributed by atoms with Crippen molar-refractivity contribution in [1.29, 1.82) is 5.26 Å². The van der Waals surface area contributed by atoms with Crippen molar-refractivity contribution in [2.75, 3.05) is 6.54 Å². The summed E-state index contributed by atoms with van der Waals surface area (Å²) < 4.78 is 1.56. The van der Waals surface area contributed by atoms with E-state index in [-0.39, 0.29) is 5.56 Å². The zero-order chi connectivity index (χ0) is 15.7. The molecular weight excluding hydrogens is 276 g/mol. The fourth-order valence-corrected chi connectivity index (χ4v) is 2.63. The van der Waals surface area contributed by atoms with Crippen LogP contribution in [0.3, 0.4) is 0 Å². The highest BCUT2D eigenvalue weighted by atomic mass is 16.1. The molecule has 2 aromatic heterocycles. The normalized spacial score (nSPS) is 11.5. The monoisotopic (exact) mass is 292 g/mol. The Morgan fingerprint density at radius 2 is 2.18 bits per heavy atom. The molecule has 2 heterocycles. The SMILES string of the molecule is CCCN=Cc1c(C)c(C#N)c2[nH]c3ccccc3n2c1=O. The second-order valence-electron chi connectivity index (χ2n) is 5.19. The molecule has 0 aliphatic carbocycles. The first-order valence-electron chi connectivity index (χ1n) is 7.25. The smallest absolute Gasteiger partial charge is 0.265 e. The Balaban J connectivity index is 2.46. The molecule has 5 heteroatoms. The molecule has 3 rings (SSSR count). The third kappa shape index (κ3) is 2.01. The summed E-state index contributed by atoms with van der Waals surface area (Å²) in [4.78, 5) is 20.3. The largest absolute Gasteiger partial charge is 0.338 e. The molecule has 0 amide bonds. The Hall–Kier alpha value is -2.87. The molecule has 1 N–H and O–H groups in total. The van der Waals surface area contributed by atoms with Gasteiger partial charge in [0.1, 0.15) is 11.7 Å². The van der Waals surface area contributed by atoms with Gasteiger partial charge in [0.25, 0.3) is 5.56 Å². The Labute approximate surface area is 127 Å². The molecule has 0 aliphatic heterocycles. The number of nitrogens with zero attached hydrogens (tertiary/aromatic N) is 3. The predicted molar refractivity (Wildman–Crippen MR) is 87.7 cm³/mol. The Morgan fingerprint density at radius 1 is 1.41 bits per heavy atom. The van der Waals surface area contributed by atoms with Crippen LogP contribution in [0.1, 0.15) is 30.0 Å². The molecule has 0 unspecified atom stereocenters. The Kier molecular flexibility index (Phi) is 3.51. The summed E-state index contributed by atoms with van der Waals surface area (Å²) in [7, 11) is 0. The van der Waals surface area contributed by atoms with E-state index in [0.717, 1.165) is 17.5 Å². The van der Waals surface area contributed by atoms with Crippen molar-refractivity contribution in [2.24, 2.45) is 4.99 Å². The van der Waals surface area contributed by atoms with E-state index in [2.05, 4.69) is 16.0 Å². The first kappa shape index (κ1) is 14.1. The van der Waals surface area contributed by atoms with Gasteiger partial charge in [-0.1, -0.05) is 19.1 Å². The highest BCUT2D eigenvalue weighted by molar-refractivity contribution is 5.88. The number of pyridine rings is 1. The topological polar surface area (TPSA) is 73.4 Å². The summed E-state index contributed by atoms with van der Waals surface area (Å²) in [5.41, 5.74) is 3.62. The average Bonchev–Trinajstić information content (AvgIpc) is 2.90. The van der Waals surface area contributed by atoms with E-state index in [1.165, 1.54) is 0 Å². The molecule has 0 atom stereocenters. The number of aromatic amines is 1. The molecule has 0 fully saturated rings. The van der Waals surface area contributed by atoms with E-state index in [1.54, 1.807) is 17.5 Å². The molecule has 22 heavy (non-hydrogen) atoms. The average molecular weight is 292 g/mol. The van der Waals surface area contributed by atoms with Crippen molar-refractivity contribution < 1.29 is 0 Å². The number of nitriles is 1. The number of nitrogens with one attached hydrogen (secondary N) is 1. The molecule has 0 aliphatic rings. The van der Waals surface area contributed by atoms with Gasteiger partial charge in [0.05, 0.1) is 22.2 Å². The number of aromatic nitrogens is 2. The van der Waals surface area contributed by atoms with E-state index < -0.39 is 0 Å². The van der Waals surface area contributed by atoms with Gasteiger partial charge in [0.2, 0.25) is 0 Å². The van der Waals surface area contributed by atoms with Crippen molar-refractivity contribution >= 4 is 22.9 Å². The second-order valence-corrected chi connectivity index (χ2v) is 5.19. The number of H-pyrrole nitrogens is 1. The maximum atomic E-state index is 12.8. The van der Waals surface area contributed by atoms with Crippen LogP contribution in [0.25, 0.3) is 16.7 Å². The summed E-state index contributed by atoms with van der Waals surface area (Å²) in [6.07, 6.45) is 2.51. The van der Waals surface area contributed by atoms with Crippen LogP contribution in [0, 0.1) is 18.3 Å². The van der Waals surface area contributed by atoms with E-state index in [9.17, 15) is 10.1 Å². The molecule has 0 radical (unpaired) electrons. The Morgan fingerprint density at radius 3 is 2.91 bits per heavy atom. The highest BCUT2D eigenvalue weighted by Crippen LogP contribution is 2.20. The van der Waals surface area contributed by atoms with Gasteiger partial charge in [0.15, 0.2) is 0 Å². The minimum Gasteiger partial charge on any atom is -0.338 e. The van der Waals surface area contributed by atoms with Crippen LogP contribution in [0.5, 0.6) is 0 Å². The van der Waals surface area contributed by atoms with Crippen LogP contribution in [0.2, 0.25) is 0 Å². The van der Waals surface area contributed by atoms with Crippen LogP contribution in [-0.4, -0.2) is 22.1 Å².